The first-order chi connectivity index (χ1) is 5.11. The second kappa shape index (κ2) is 3.00. The van der Waals surface area contributed by atoms with E-state index in [1.165, 1.54) is 18.2 Å². The Hall–Kier alpha value is -0.900. The molecular formula is C7H5BrFNO. The van der Waals surface area contributed by atoms with Crippen molar-refractivity contribution in [3.8, 4) is 0 Å². The van der Waals surface area contributed by atoms with Gasteiger partial charge in [-0.25, -0.2) is 0 Å². The fourth-order valence-electron chi connectivity index (χ4n) is 0.677. The van der Waals surface area contributed by atoms with Crippen molar-refractivity contribution in [2.24, 2.45) is 0 Å². The summed E-state index contributed by atoms with van der Waals surface area (Å²) >= 11 is 3.10. The molecule has 0 aliphatic rings. The van der Waals surface area contributed by atoms with Crippen LogP contribution >= 0.6 is 15.9 Å². The van der Waals surface area contributed by atoms with E-state index in [0.717, 1.165) is 0 Å². The number of hydrogen-bond acceptors (Lipinski definition) is 1. The van der Waals surface area contributed by atoms with E-state index in [9.17, 15) is 9.60 Å². The molecule has 1 aromatic carbocycles. The van der Waals surface area contributed by atoms with Crippen molar-refractivity contribution in [1.29, 1.82) is 0 Å². The van der Waals surface area contributed by atoms with E-state index in [0.29, 0.717) is 4.47 Å². The molecular weight excluding hydrogens is 213 g/mol. The molecule has 0 radical (unpaired) electrons. The van der Waals surface area contributed by atoms with Gasteiger partial charge < -0.3 is 5.21 Å². The van der Waals surface area contributed by atoms with Gasteiger partial charge in [-0.2, -0.15) is 9.13 Å². The standard InChI is InChI=1S/C7H5BrFNO/c1-10(11)7-4-5(8)2-3-6(7)9/h2-4H,1H2. The van der Waals surface area contributed by atoms with E-state index in [4.69, 9.17) is 0 Å². The summed E-state index contributed by atoms with van der Waals surface area (Å²) in [4.78, 5) is 0. The molecule has 0 N–H and O–H groups in total. The Morgan fingerprint density at radius 1 is 1.55 bits per heavy atom. The third-order valence-corrected chi connectivity index (χ3v) is 1.67. The van der Waals surface area contributed by atoms with Gasteiger partial charge in [0.05, 0.1) is 0 Å². The average molecular weight is 218 g/mol. The smallest absolute Gasteiger partial charge is 0.253 e. The molecule has 0 aliphatic heterocycles. The molecule has 0 spiro atoms. The largest absolute Gasteiger partial charge is 0.619 e. The van der Waals surface area contributed by atoms with Gasteiger partial charge in [0.15, 0.2) is 5.82 Å². The Labute approximate surface area is 71.7 Å². The number of rotatable bonds is 1. The summed E-state index contributed by atoms with van der Waals surface area (Å²) in [5.74, 6) is -0.571. The van der Waals surface area contributed by atoms with Crippen molar-refractivity contribution in [1.82, 2.24) is 0 Å². The van der Waals surface area contributed by atoms with Crippen LogP contribution < -0.4 is 0 Å². The highest BCUT2D eigenvalue weighted by Gasteiger charge is 2.07. The molecule has 11 heavy (non-hydrogen) atoms. The van der Waals surface area contributed by atoms with Crippen molar-refractivity contribution in [3.05, 3.63) is 33.7 Å². The van der Waals surface area contributed by atoms with Crippen LogP contribution in [0.5, 0.6) is 0 Å². The molecule has 0 aromatic heterocycles. The van der Waals surface area contributed by atoms with E-state index in [1.54, 1.807) is 0 Å². The second-order valence-electron chi connectivity index (χ2n) is 1.97. The molecule has 0 aliphatic carbocycles. The minimum atomic E-state index is -0.571. The minimum absolute atomic E-state index is 0.0700. The van der Waals surface area contributed by atoms with E-state index >= 15 is 0 Å². The lowest BCUT2D eigenvalue weighted by molar-refractivity contribution is -0.352. The maximum absolute atomic E-state index is 12.7. The first-order valence-electron chi connectivity index (χ1n) is 2.84. The Kier molecular flexibility index (Phi) is 2.24. The maximum atomic E-state index is 12.7. The molecule has 4 heteroatoms. The lowest BCUT2D eigenvalue weighted by Crippen LogP contribution is -1.92. The number of nitrogens with zero attached hydrogens (tertiary/aromatic N) is 1. The predicted octanol–water partition coefficient (Wildman–Crippen LogP) is 2.43. The van der Waals surface area contributed by atoms with Crippen LogP contribution in [0.1, 0.15) is 0 Å². The lowest BCUT2D eigenvalue weighted by atomic mass is 10.3. The molecule has 0 heterocycles. The van der Waals surface area contributed by atoms with Gasteiger partial charge in [-0.3, -0.25) is 0 Å². The topological polar surface area (TPSA) is 26.1 Å². The SMILES string of the molecule is C=[N+]([O-])c1cc(Br)ccc1F. The van der Waals surface area contributed by atoms with Crippen LogP contribution in [0.4, 0.5) is 10.1 Å². The zero-order valence-electron chi connectivity index (χ0n) is 5.55. The predicted molar refractivity (Wildman–Crippen MR) is 44.5 cm³/mol. The monoisotopic (exact) mass is 217 g/mol. The Bertz CT molecular complexity index is 300. The van der Waals surface area contributed by atoms with Gasteiger partial charge in [0.25, 0.3) is 5.69 Å². The van der Waals surface area contributed by atoms with Crippen molar-refractivity contribution < 1.29 is 9.13 Å². The highest BCUT2D eigenvalue weighted by Crippen LogP contribution is 2.21. The van der Waals surface area contributed by atoms with E-state index in [1.807, 2.05) is 0 Å². The summed E-state index contributed by atoms with van der Waals surface area (Å²) in [5.41, 5.74) is -0.0700. The van der Waals surface area contributed by atoms with Crippen LogP contribution in [0.3, 0.4) is 0 Å². The van der Waals surface area contributed by atoms with Crippen LogP contribution in [0.2, 0.25) is 0 Å². The van der Waals surface area contributed by atoms with Crippen molar-refractivity contribution >= 4 is 28.3 Å². The zero-order chi connectivity index (χ0) is 8.43. The molecule has 0 bridgehead atoms. The van der Waals surface area contributed by atoms with Gasteiger partial charge in [0, 0.05) is 10.5 Å². The van der Waals surface area contributed by atoms with E-state index in [2.05, 4.69) is 22.6 Å². The Morgan fingerprint density at radius 2 is 2.18 bits per heavy atom. The van der Waals surface area contributed by atoms with Gasteiger partial charge in [0.2, 0.25) is 0 Å². The van der Waals surface area contributed by atoms with E-state index in [-0.39, 0.29) is 10.4 Å². The van der Waals surface area contributed by atoms with Gasteiger partial charge in [-0.15, -0.1) is 0 Å². The van der Waals surface area contributed by atoms with Crippen LogP contribution in [-0.4, -0.2) is 11.5 Å². The Balaban J connectivity index is 3.23. The summed E-state index contributed by atoms with van der Waals surface area (Å²) in [6, 6.07) is 4.09. The van der Waals surface area contributed by atoms with Crippen LogP contribution in [-0.2, 0) is 0 Å². The van der Waals surface area contributed by atoms with Crippen LogP contribution in [0.25, 0.3) is 0 Å². The number of hydrogen-bond donors (Lipinski definition) is 0. The fraction of sp³-hybridized carbons (Fsp3) is 0. The van der Waals surface area contributed by atoms with Gasteiger partial charge in [0.1, 0.15) is 6.72 Å². The lowest BCUT2D eigenvalue weighted by Gasteiger charge is -2.00. The van der Waals surface area contributed by atoms with Crippen molar-refractivity contribution in [2.75, 3.05) is 0 Å². The molecule has 2 nitrogen and oxygen atoms in total. The second-order valence-corrected chi connectivity index (χ2v) is 2.89. The number of halogens is 2. The van der Waals surface area contributed by atoms with Crippen molar-refractivity contribution in [3.63, 3.8) is 0 Å². The molecule has 0 amide bonds. The summed E-state index contributed by atoms with van der Waals surface area (Å²) in [6.45, 7) is 3.03. The minimum Gasteiger partial charge on any atom is -0.619 e. The maximum Gasteiger partial charge on any atom is 0.253 e. The fourth-order valence-corrected chi connectivity index (χ4v) is 1.03. The average Bonchev–Trinajstić information content (AvgIpc) is 1.94. The molecule has 0 unspecified atom stereocenters. The van der Waals surface area contributed by atoms with Crippen molar-refractivity contribution in [2.45, 2.75) is 0 Å². The normalized spacial score (nSPS) is 9.64. The molecule has 1 rings (SSSR count). The Morgan fingerprint density at radius 3 is 2.64 bits per heavy atom. The molecule has 0 saturated carbocycles. The van der Waals surface area contributed by atoms with Crippen LogP contribution in [0.15, 0.2) is 22.7 Å². The third-order valence-electron chi connectivity index (χ3n) is 1.18. The van der Waals surface area contributed by atoms with Crippen LogP contribution in [0, 0.1) is 11.0 Å². The summed E-state index contributed by atoms with van der Waals surface area (Å²) in [7, 11) is 0. The molecule has 58 valence electrons. The van der Waals surface area contributed by atoms with Gasteiger partial charge in [-0.05, 0) is 12.1 Å². The highest BCUT2D eigenvalue weighted by molar-refractivity contribution is 9.10. The quantitative estimate of drug-likeness (QED) is 0.307. The van der Waals surface area contributed by atoms with Gasteiger partial charge >= 0.3 is 0 Å². The molecule has 1 aromatic rings. The molecule has 0 atom stereocenters. The highest BCUT2D eigenvalue weighted by atomic mass is 79.9. The molecule has 0 saturated heterocycles. The summed E-state index contributed by atoms with van der Waals surface area (Å²) < 4.78 is 13.6. The molecule has 0 fully saturated rings. The summed E-state index contributed by atoms with van der Waals surface area (Å²) in [6.07, 6.45) is 0. The first kappa shape index (κ1) is 8.20. The zero-order valence-corrected chi connectivity index (χ0v) is 7.14. The summed E-state index contributed by atoms with van der Waals surface area (Å²) in [5, 5.41) is 10.6. The number of benzene rings is 1. The van der Waals surface area contributed by atoms with E-state index < -0.39 is 5.82 Å². The third kappa shape index (κ3) is 1.77. The first-order valence-corrected chi connectivity index (χ1v) is 3.63. The van der Waals surface area contributed by atoms with Gasteiger partial charge in [-0.1, -0.05) is 15.9 Å².